The van der Waals surface area contributed by atoms with E-state index in [-0.39, 0.29) is 36.7 Å². The second kappa shape index (κ2) is 14.9. The van der Waals surface area contributed by atoms with Crippen LogP contribution in [0.4, 0.5) is 5.69 Å². The van der Waals surface area contributed by atoms with Gasteiger partial charge in [0.05, 0.1) is 41.3 Å². The van der Waals surface area contributed by atoms with E-state index in [0.717, 1.165) is 5.56 Å². The second-order valence-electron chi connectivity index (χ2n) is 12.5. The molecule has 3 saturated heterocycles. The summed E-state index contributed by atoms with van der Waals surface area (Å²) in [6.07, 6.45) is 2.61. The summed E-state index contributed by atoms with van der Waals surface area (Å²) in [7, 11) is 0. The molecule has 1 unspecified atom stereocenters. The second-order valence-corrected chi connectivity index (χ2v) is 14.1. The standard InChI is InChI=1S/C36H41BrClN3O7/c1-5-7-16-26(43)39-22(4)30(23-13-9-8-10-14-23)47-35(46)27-28-33(44)41(18-19-42)32(36(28)20-24(37)31(27)48-36)34(45)40(17-6-2)29-21(3)12-11-15-25(29)38/h5-6,8-15,22,24,27-28,30-32,42H,1-2,7,16-20H2,3-4H3,(H,39,43)/t22-,24?,27-,28+,30-,31-,32-,36+/m0/s1. The normalized spacial score (nSPS) is 26.8. The molecule has 0 aliphatic carbocycles. The summed E-state index contributed by atoms with van der Waals surface area (Å²) in [5, 5.41) is 13.3. The van der Waals surface area contributed by atoms with Gasteiger partial charge in [-0.1, -0.05) is 82.1 Å². The van der Waals surface area contributed by atoms with Crippen LogP contribution < -0.4 is 10.2 Å². The molecule has 5 rings (SSSR count). The molecular formula is C36H41BrClN3O7. The third-order valence-corrected chi connectivity index (χ3v) is 10.6. The number of rotatable bonds is 14. The number of ether oxygens (including phenoxy) is 2. The fourth-order valence-electron chi connectivity index (χ4n) is 7.50. The minimum Gasteiger partial charge on any atom is -0.455 e. The first-order chi connectivity index (χ1) is 23.0. The van der Waals surface area contributed by atoms with Gasteiger partial charge in [-0.3, -0.25) is 19.2 Å². The summed E-state index contributed by atoms with van der Waals surface area (Å²) in [6.45, 7) is 10.7. The third-order valence-electron chi connectivity index (χ3n) is 9.46. The van der Waals surface area contributed by atoms with Crippen LogP contribution in [-0.4, -0.2) is 82.0 Å². The number of likely N-dealkylation sites (tertiary alicyclic amines) is 1. The van der Waals surface area contributed by atoms with Crippen LogP contribution in [-0.2, 0) is 28.7 Å². The van der Waals surface area contributed by atoms with E-state index in [1.807, 2.05) is 31.2 Å². The molecule has 12 heteroatoms. The van der Waals surface area contributed by atoms with Gasteiger partial charge in [0.2, 0.25) is 11.8 Å². The Bertz CT molecular complexity index is 1550. The van der Waals surface area contributed by atoms with E-state index in [9.17, 15) is 24.3 Å². The Kier molecular flexibility index (Phi) is 11.1. The van der Waals surface area contributed by atoms with Crippen molar-refractivity contribution in [2.24, 2.45) is 11.8 Å². The van der Waals surface area contributed by atoms with Crippen LogP contribution in [0.1, 0.15) is 43.4 Å². The number of β-amino-alcohol motifs (C(OH)–C–C–N with tert-alkyl or cyclic N) is 1. The molecular weight excluding hydrogens is 702 g/mol. The zero-order valence-corrected chi connectivity index (χ0v) is 29.4. The average Bonchev–Trinajstić information content (AvgIpc) is 3.65. The van der Waals surface area contributed by atoms with Crippen molar-refractivity contribution in [3.8, 4) is 0 Å². The number of nitrogens with one attached hydrogen (secondary N) is 1. The molecule has 10 nitrogen and oxygen atoms in total. The highest BCUT2D eigenvalue weighted by Gasteiger charge is 2.77. The summed E-state index contributed by atoms with van der Waals surface area (Å²) >= 11 is 10.3. The van der Waals surface area contributed by atoms with Gasteiger partial charge in [-0.25, -0.2) is 0 Å². The molecule has 8 atom stereocenters. The number of fused-ring (bicyclic) bond motifs is 1. The lowest BCUT2D eigenvalue weighted by Crippen LogP contribution is -2.57. The molecule has 2 N–H and O–H groups in total. The average molecular weight is 743 g/mol. The highest BCUT2D eigenvalue weighted by Crippen LogP contribution is 2.60. The van der Waals surface area contributed by atoms with Gasteiger partial charge in [-0.05, 0) is 43.9 Å². The molecule has 3 fully saturated rings. The van der Waals surface area contributed by atoms with Gasteiger partial charge in [0, 0.05) is 24.3 Å². The number of aliphatic hydroxyl groups is 1. The Hall–Kier alpha value is -3.51. The Morgan fingerprint density at radius 3 is 2.58 bits per heavy atom. The fraction of sp³-hybridized carbons (Fsp3) is 0.444. The Morgan fingerprint density at radius 1 is 1.21 bits per heavy atom. The number of esters is 1. The van der Waals surface area contributed by atoms with Crippen LogP contribution in [0.25, 0.3) is 0 Å². The number of hydrogen-bond donors (Lipinski definition) is 2. The van der Waals surface area contributed by atoms with Crippen molar-refractivity contribution in [3.05, 3.63) is 90.0 Å². The number of nitrogens with zero attached hydrogens (tertiary/aromatic N) is 2. The maximum Gasteiger partial charge on any atom is 0.313 e. The molecule has 2 aromatic rings. The number of anilines is 1. The Balaban J connectivity index is 1.50. The molecule has 3 aliphatic heterocycles. The molecule has 2 bridgehead atoms. The van der Waals surface area contributed by atoms with Crippen LogP contribution in [0.2, 0.25) is 5.02 Å². The Labute approximate surface area is 294 Å². The number of para-hydroxylation sites is 1. The van der Waals surface area contributed by atoms with Crippen LogP contribution in [0.5, 0.6) is 0 Å². The predicted octanol–water partition coefficient (Wildman–Crippen LogP) is 4.66. The largest absolute Gasteiger partial charge is 0.455 e. The number of halogens is 2. The number of allylic oxidation sites excluding steroid dienone is 1. The minimum absolute atomic E-state index is 0.101. The van der Waals surface area contributed by atoms with Crippen molar-refractivity contribution in [1.29, 1.82) is 0 Å². The molecule has 256 valence electrons. The van der Waals surface area contributed by atoms with E-state index in [1.165, 1.54) is 9.80 Å². The first-order valence-electron chi connectivity index (χ1n) is 16.1. The maximum atomic E-state index is 14.7. The van der Waals surface area contributed by atoms with Gasteiger partial charge in [0.1, 0.15) is 17.7 Å². The van der Waals surface area contributed by atoms with E-state index in [1.54, 1.807) is 43.3 Å². The Morgan fingerprint density at radius 2 is 1.94 bits per heavy atom. The van der Waals surface area contributed by atoms with Crippen LogP contribution >= 0.6 is 27.5 Å². The van der Waals surface area contributed by atoms with Gasteiger partial charge >= 0.3 is 5.97 Å². The number of alkyl halides is 1. The lowest BCUT2D eigenvalue weighted by Gasteiger charge is -2.37. The van der Waals surface area contributed by atoms with Crippen molar-refractivity contribution in [2.45, 2.75) is 67.8 Å². The van der Waals surface area contributed by atoms with Crippen molar-refractivity contribution in [2.75, 3.05) is 24.6 Å². The number of aliphatic hydroxyl groups excluding tert-OH is 1. The molecule has 0 aromatic heterocycles. The summed E-state index contributed by atoms with van der Waals surface area (Å²) in [5.74, 6) is -3.92. The smallest absolute Gasteiger partial charge is 0.313 e. The van der Waals surface area contributed by atoms with Gasteiger partial charge in [0.25, 0.3) is 5.91 Å². The molecule has 0 radical (unpaired) electrons. The molecule has 1 spiro atoms. The number of amides is 3. The zero-order valence-electron chi connectivity index (χ0n) is 27.0. The first-order valence-corrected chi connectivity index (χ1v) is 17.4. The molecule has 3 amide bonds. The third kappa shape index (κ3) is 6.45. The number of hydrogen-bond acceptors (Lipinski definition) is 7. The van der Waals surface area contributed by atoms with E-state index in [2.05, 4.69) is 34.4 Å². The molecule has 0 saturated carbocycles. The van der Waals surface area contributed by atoms with Gasteiger partial charge < -0.3 is 29.7 Å². The SMILES string of the molecule is C=CCCC(=O)N[C@@H](C)[C@H](OC(=O)[C@@H]1[C@H]2O[C@@]3(CC2Br)[C@H](C(=O)N(CC=C)c2c(C)cccc2Cl)N(CCO)C(=O)[C@@H]13)c1ccccc1. The monoisotopic (exact) mass is 741 g/mol. The predicted molar refractivity (Wildman–Crippen MR) is 186 cm³/mol. The molecule has 3 aliphatic rings. The molecule has 2 aromatic carbocycles. The zero-order chi connectivity index (χ0) is 34.7. The van der Waals surface area contributed by atoms with Gasteiger partial charge in [-0.15, -0.1) is 13.2 Å². The van der Waals surface area contributed by atoms with Crippen LogP contribution in [0.3, 0.4) is 0 Å². The van der Waals surface area contributed by atoms with E-state index >= 15 is 0 Å². The number of carbonyl (C=O) groups excluding carboxylic acids is 4. The lowest BCUT2D eigenvalue weighted by atomic mass is 9.70. The fourth-order valence-corrected chi connectivity index (χ4v) is 8.77. The molecule has 48 heavy (non-hydrogen) atoms. The number of carbonyl (C=O) groups is 4. The van der Waals surface area contributed by atoms with E-state index in [4.69, 9.17) is 21.1 Å². The van der Waals surface area contributed by atoms with Gasteiger partial charge in [-0.2, -0.15) is 0 Å². The van der Waals surface area contributed by atoms with Gasteiger partial charge in [0.15, 0.2) is 0 Å². The van der Waals surface area contributed by atoms with E-state index < -0.39 is 66.1 Å². The van der Waals surface area contributed by atoms with Crippen molar-refractivity contribution < 1.29 is 33.8 Å². The topological polar surface area (TPSA) is 125 Å². The van der Waals surface area contributed by atoms with Crippen LogP contribution in [0.15, 0.2) is 73.8 Å². The first kappa shape index (κ1) is 35.8. The van der Waals surface area contributed by atoms with Crippen molar-refractivity contribution >= 4 is 56.9 Å². The molecule has 3 heterocycles. The van der Waals surface area contributed by atoms with Crippen molar-refractivity contribution in [3.63, 3.8) is 0 Å². The summed E-state index contributed by atoms with van der Waals surface area (Å²) in [5.41, 5.74) is 0.514. The van der Waals surface area contributed by atoms with Crippen LogP contribution in [0, 0.1) is 18.8 Å². The minimum atomic E-state index is -1.38. The maximum absolute atomic E-state index is 14.7. The lowest BCUT2D eigenvalue weighted by molar-refractivity contribution is -0.162. The highest BCUT2D eigenvalue weighted by molar-refractivity contribution is 9.09. The quantitative estimate of drug-likeness (QED) is 0.164. The highest BCUT2D eigenvalue weighted by atomic mass is 79.9. The van der Waals surface area contributed by atoms with E-state index in [0.29, 0.717) is 22.7 Å². The summed E-state index contributed by atoms with van der Waals surface area (Å²) in [4.78, 5) is 58.4. The number of benzene rings is 2. The summed E-state index contributed by atoms with van der Waals surface area (Å²) < 4.78 is 12.8. The van der Waals surface area contributed by atoms with Crippen molar-refractivity contribution in [1.82, 2.24) is 10.2 Å². The summed E-state index contributed by atoms with van der Waals surface area (Å²) in [6, 6.07) is 12.6. The number of aryl methyl sites for hydroxylation is 1.